The molecular weight excluding hydrogens is 372 g/mol. The Labute approximate surface area is 168 Å². The zero-order chi connectivity index (χ0) is 20.4. The quantitative estimate of drug-likeness (QED) is 0.759. The van der Waals surface area contributed by atoms with Gasteiger partial charge in [-0.15, -0.1) is 0 Å². The van der Waals surface area contributed by atoms with Gasteiger partial charge in [0.25, 0.3) is 5.91 Å². The molecule has 4 rings (SSSR count). The summed E-state index contributed by atoms with van der Waals surface area (Å²) in [6, 6.07) is 12.7. The maximum absolute atomic E-state index is 12.8. The molecule has 29 heavy (non-hydrogen) atoms. The molecule has 1 N–H and O–H groups in total. The summed E-state index contributed by atoms with van der Waals surface area (Å²) in [6.07, 6.45) is 0.577. The number of hydrogen-bond donors (Lipinski definition) is 1. The van der Waals surface area contributed by atoms with Crippen molar-refractivity contribution < 1.29 is 23.9 Å². The minimum Gasteiger partial charge on any atom is -0.489 e. The summed E-state index contributed by atoms with van der Waals surface area (Å²) in [5.74, 6) is -0.285. The van der Waals surface area contributed by atoms with Crippen LogP contribution in [0, 0.1) is 0 Å². The highest BCUT2D eigenvalue weighted by molar-refractivity contribution is 6.05. The van der Waals surface area contributed by atoms with Gasteiger partial charge in [-0.1, -0.05) is 30.3 Å². The van der Waals surface area contributed by atoms with Gasteiger partial charge in [-0.05, 0) is 29.7 Å². The number of imide groups is 1. The van der Waals surface area contributed by atoms with E-state index in [-0.39, 0.29) is 18.2 Å². The van der Waals surface area contributed by atoms with Crippen LogP contribution in [0.25, 0.3) is 0 Å². The lowest BCUT2D eigenvalue weighted by Crippen LogP contribution is -2.52. The van der Waals surface area contributed by atoms with E-state index >= 15 is 0 Å². The Morgan fingerprint density at radius 1 is 1.03 bits per heavy atom. The fourth-order valence-corrected chi connectivity index (χ4v) is 3.75. The Bertz CT molecular complexity index is 954. The van der Waals surface area contributed by atoms with E-state index in [0.717, 1.165) is 16.7 Å². The van der Waals surface area contributed by atoms with E-state index in [2.05, 4.69) is 5.32 Å². The summed E-state index contributed by atoms with van der Waals surface area (Å²) in [7, 11) is 1.66. The van der Waals surface area contributed by atoms with Crippen LogP contribution >= 0.6 is 0 Å². The van der Waals surface area contributed by atoms with Crippen LogP contribution in [0.5, 0.6) is 5.75 Å². The van der Waals surface area contributed by atoms with Crippen molar-refractivity contribution in [3.63, 3.8) is 0 Å². The van der Waals surface area contributed by atoms with Gasteiger partial charge in [0, 0.05) is 24.7 Å². The van der Waals surface area contributed by atoms with E-state index in [4.69, 9.17) is 9.47 Å². The molecule has 2 aliphatic rings. The Balaban J connectivity index is 1.48. The summed E-state index contributed by atoms with van der Waals surface area (Å²) in [5, 5.41) is 2.32. The molecule has 0 radical (unpaired) electrons. The van der Waals surface area contributed by atoms with Crippen LogP contribution in [-0.2, 0) is 34.1 Å². The number of nitrogens with zero attached hydrogens (tertiary/aromatic N) is 1. The van der Waals surface area contributed by atoms with Crippen LogP contribution in [0.15, 0.2) is 42.5 Å². The molecule has 0 aliphatic carbocycles. The van der Waals surface area contributed by atoms with Gasteiger partial charge >= 0.3 is 0 Å². The van der Waals surface area contributed by atoms with Crippen molar-refractivity contribution in [3.05, 3.63) is 64.7 Å². The van der Waals surface area contributed by atoms with Gasteiger partial charge < -0.3 is 14.4 Å². The first kappa shape index (κ1) is 19.1. The molecule has 2 aliphatic heterocycles. The topological polar surface area (TPSA) is 84.9 Å². The first-order valence-corrected chi connectivity index (χ1v) is 9.53. The number of fused-ring (bicyclic) bond motifs is 1. The Kier molecular flexibility index (Phi) is 5.31. The lowest BCUT2D eigenvalue weighted by Gasteiger charge is -2.29. The van der Waals surface area contributed by atoms with Crippen molar-refractivity contribution >= 4 is 17.7 Å². The number of ether oxygens (including phenoxy) is 2. The SMILES string of the molecule is COCc1ccc(COc2cccc3c2CN(C2CCC(=O)NC2=O)C3=O)cc1. The maximum Gasteiger partial charge on any atom is 0.255 e. The smallest absolute Gasteiger partial charge is 0.255 e. The molecule has 7 heteroatoms. The molecule has 1 saturated heterocycles. The fourth-order valence-electron chi connectivity index (χ4n) is 3.75. The van der Waals surface area contributed by atoms with Crippen LogP contribution < -0.4 is 10.1 Å². The number of benzene rings is 2. The van der Waals surface area contributed by atoms with Gasteiger partial charge in [-0.3, -0.25) is 19.7 Å². The van der Waals surface area contributed by atoms with Crippen molar-refractivity contribution in [1.82, 2.24) is 10.2 Å². The van der Waals surface area contributed by atoms with E-state index in [1.807, 2.05) is 30.3 Å². The highest BCUT2D eigenvalue weighted by atomic mass is 16.5. The summed E-state index contributed by atoms with van der Waals surface area (Å²) in [5.41, 5.74) is 3.41. The standard InChI is InChI=1S/C22H22N2O5/c1-28-12-14-5-7-15(8-6-14)13-29-19-4-2-3-16-17(19)11-24(22(16)27)18-9-10-20(25)23-21(18)26/h2-8,18H,9-13H2,1H3,(H,23,25,26). The van der Waals surface area contributed by atoms with Crippen molar-refractivity contribution in [2.24, 2.45) is 0 Å². The van der Waals surface area contributed by atoms with Gasteiger partial charge in [0.15, 0.2) is 0 Å². The average molecular weight is 394 g/mol. The minimum absolute atomic E-state index is 0.205. The number of carbonyl (C=O) groups excluding carboxylic acids is 3. The largest absolute Gasteiger partial charge is 0.489 e. The molecule has 3 amide bonds. The van der Waals surface area contributed by atoms with E-state index in [0.29, 0.717) is 37.5 Å². The first-order chi connectivity index (χ1) is 14.1. The molecule has 0 aromatic heterocycles. The lowest BCUT2D eigenvalue weighted by atomic mass is 10.0. The minimum atomic E-state index is -0.631. The van der Waals surface area contributed by atoms with Crippen LogP contribution in [0.1, 0.15) is 39.9 Å². The second-order valence-corrected chi connectivity index (χ2v) is 7.22. The van der Waals surface area contributed by atoms with Gasteiger partial charge in [-0.25, -0.2) is 0 Å². The van der Waals surface area contributed by atoms with E-state index < -0.39 is 11.9 Å². The third kappa shape index (κ3) is 3.86. The summed E-state index contributed by atoms with van der Waals surface area (Å²) >= 11 is 0. The number of nitrogens with one attached hydrogen (secondary N) is 1. The molecule has 2 heterocycles. The fraction of sp³-hybridized carbons (Fsp3) is 0.318. The molecule has 0 spiro atoms. The van der Waals surface area contributed by atoms with Gasteiger partial charge in [0.1, 0.15) is 18.4 Å². The van der Waals surface area contributed by atoms with Crippen LogP contribution in [0.4, 0.5) is 0 Å². The van der Waals surface area contributed by atoms with Crippen molar-refractivity contribution in [2.75, 3.05) is 7.11 Å². The lowest BCUT2D eigenvalue weighted by molar-refractivity contribution is -0.136. The third-order valence-corrected chi connectivity index (χ3v) is 5.27. The van der Waals surface area contributed by atoms with Crippen molar-refractivity contribution in [1.29, 1.82) is 0 Å². The highest BCUT2D eigenvalue weighted by Crippen LogP contribution is 2.33. The predicted octanol–water partition coefficient (Wildman–Crippen LogP) is 2.17. The molecule has 2 aromatic rings. The molecule has 1 unspecified atom stereocenters. The number of methoxy groups -OCH3 is 1. The molecule has 7 nitrogen and oxygen atoms in total. The highest BCUT2D eigenvalue weighted by Gasteiger charge is 2.40. The van der Waals surface area contributed by atoms with Crippen molar-refractivity contribution in [2.45, 2.75) is 38.6 Å². The van der Waals surface area contributed by atoms with Crippen LogP contribution in [-0.4, -0.2) is 35.8 Å². The zero-order valence-electron chi connectivity index (χ0n) is 16.1. The Morgan fingerprint density at radius 3 is 2.45 bits per heavy atom. The molecule has 0 saturated carbocycles. The second-order valence-electron chi connectivity index (χ2n) is 7.22. The van der Waals surface area contributed by atoms with Gasteiger partial charge in [0.2, 0.25) is 11.8 Å². The number of hydrogen-bond acceptors (Lipinski definition) is 5. The monoisotopic (exact) mass is 394 g/mol. The van der Waals surface area contributed by atoms with Crippen molar-refractivity contribution in [3.8, 4) is 5.75 Å². The normalized spacial score (nSPS) is 18.6. The zero-order valence-corrected chi connectivity index (χ0v) is 16.1. The summed E-state index contributed by atoms with van der Waals surface area (Å²) < 4.78 is 11.1. The van der Waals surface area contributed by atoms with E-state index in [1.165, 1.54) is 4.90 Å². The number of rotatable bonds is 6. The van der Waals surface area contributed by atoms with E-state index in [1.54, 1.807) is 19.2 Å². The van der Waals surface area contributed by atoms with Crippen LogP contribution in [0.3, 0.4) is 0 Å². The Morgan fingerprint density at radius 2 is 1.76 bits per heavy atom. The van der Waals surface area contributed by atoms with E-state index in [9.17, 15) is 14.4 Å². The number of amides is 3. The van der Waals surface area contributed by atoms with Gasteiger partial charge in [-0.2, -0.15) is 0 Å². The van der Waals surface area contributed by atoms with Crippen LogP contribution in [0.2, 0.25) is 0 Å². The molecule has 0 bridgehead atoms. The number of piperidine rings is 1. The maximum atomic E-state index is 12.8. The second kappa shape index (κ2) is 8.05. The molecule has 150 valence electrons. The summed E-state index contributed by atoms with van der Waals surface area (Å²) in [4.78, 5) is 38.0. The predicted molar refractivity (Wildman–Crippen MR) is 104 cm³/mol. The third-order valence-electron chi connectivity index (χ3n) is 5.27. The number of carbonyl (C=O) groups is 3. The molecule has 1 atom stereocenters. The van der Waals surface area contributed by atoms with Gasteiger partial charge in [0.05, 0.1) is 13.2 Å². The Hall–Kier alpha value is -3.19. The summed E-state index contributed by atoms with van der Waals surface area (Å²) in [6.45, 7) is 1.23. The molecule has 2 aromatic carbocycles. The molecular formula is C22H22N2O5. The first-order valence-electron chi connectivity index (χ1n) is 9.53. The molecule has 1 fully saturated rings. The average Bonchev–Trinajstić information content (AvgIpc) is 3.05.